The van der Waals surface area contributed by atoms with E-state index in [1.165, 1.54) is 11.5 Å². The van der Waals surface area contributed by atoms with Crippen LogP contribution >= 0.6 is 22.9 Å². The Kier molecular flexibility index (Phi) is 4.32. The number of carbonyl (C=O) groups excluding carboxylic acids is 1. The summed E-state index contributed by atoms with van der Waals surface area (Å²) in [4.78, 5) is 16.9. The van der Waals surface area contributed by atoms with Crippen molar-refractivity contribution in [1.29, 1.82) is 0 Å². The second-order valence-electron chi connectivity index (χ2n) is 5.27. The molecule has 0 unspecified atom stereocenters. The van der Waals surface area contributed by atoms with Gasteiger partial charge in [0.25, 0.3) is 0 Å². The minimum Gasteiger partial charge on any atom is -0.385 e. The van der Waals surface area contributed by atoms with E-state index >= 15 is 0 Å². The molecule has 0 bridgehead atoms. The zero-order chi connectivity index (χ0) is 14.7. The third-order valence-electron chi connectivity index (χ3n) is 4.00. The number of anilines is 1. The Morgan fingerprint density at radius 3 is 3.00 bits per heavy atom. The maximum atomic E-state index is 12.5. The average molecular weight is 323 g/mol. The number of amides is 1. The van der Waals surface area contributed by atoms with Crippen molar-refractivity contribution in [3.05, 3.63) is 16.8 Å². The molecule has 0 spiro atoms. The van der Waals surface area contributed by atoms with Gasteiger partial charge in [-0.2, -0.15) is 20.7 Å². The van der Waals surface area contributed by atoms with Crippen LogP contribution in [0.1, 0.15) is 25.7 Å². The summed E-state index contributed by atoms with van der Waals surface area (Å²) >= 11 is 2.84. The van der Waals surface area contributed by atoms with Crippen LogP contribution in [0.15, 0.2) is 16.8 Å². The summed E-state index contributed by atoms with van der Waals surface area (Å²) in [6, 6.07) is 1.98. The summed E-state index contributed by atoms with van der Waals surface area (Å²) in [5.74, 6) is 0.731. The first-order valence-corrected chi connectivity index (χ1v) is 8.62. The Bertz CT molecular complexity index is 606. The minimum absolute atomic E-state index is 0.0545. The Morgan fingerprint density at radius 2 is 2.38 bits per heavy atom. The molecule has 0 aliphatic heterocycles. The molecule has 1 aliphatic carbocycles. The normalized spacial score (nSPS) is 16.4. The van der Waals surface area contributed by atoms with Gasteiger partial charge in [0.2, 0.25) is 11.0 Å². The summed E-state index contributed by atoms with van der Waals surface area (Å²) in [5.41, 5.74) is 0.721. The summed E-state index contributed by atoms with van der Waals surface area (Å²) in [6.45, 7) is 0.615. The standard InChI is InChI=1S/C14H17N3O2S2/c1-19-7-6-14(4-2-5-14)12(18)16-13-15-11(17-21-13)10-3-8-20-9-10/h3,8-9H,2,4-7H2,1H3,(H,15,16,17,18). The number of hydrogen-bond donors (Lipinski definition) is 1. The lowest BCUT2D eigenvalue weighted by molar-refractivity contribution is -0.131. The minimum atomic E-state index is -0.274. The van der Waals surface area contributed by atoms with Gasteiger partial charge in [-0.25, -0.2) is 0 Å². The molecule has 2 heterocycles. The van der Waals surface area contributed by atoms with E-state index in [0.29, 0.717) is 17.6 Å². The third kappa shape index (κ3) is 3.00. The van der Waals surface area contributed by atoms with E-state index in [9.17, 15) is 4.79 Å². The van der Waals surface area contributed by atoms with E-state index in [0.717, 1.165) is 31.2 Å². The summed E-state index contributed by atoms with van der Waals surface area (Å²) in [5, 5.41) is 7.49. The highest BCUT2D eigenvalue weighted by molar-refractivity contribution is 7.10. The van der Waals surface area contributed by atoms with E-state index < -0.39 is 0 Å². The van der Waals surface area contributed by atoms with E-state index in [4.69, 9.17) is 4.74 Å². The van der Waals surface area contributed by atoms with Gasteiger partial charge in [-0.15, -0.1) is 0 Å². The maximum Gasteiger partial charge on any atom is 0.232 e. The number of hydrogen-bond acceptors (Lipinski definition) is 6. The van der Waals surface area contributed by atoms with Gasteiger partial charge in [0.1, 0.15) is 0 Å². The van der Waals surface area contributed by atoms with Gasteiger partial charge in [-0.05, 0) is 30.7 Å². The molecule has 1 saturated carbocycles. The van der Waals surface area contributed by atoms with Crippen molar-refractivity contribution in [1.82, 2.24) is 9.36 Å². The van der Waals surface area contributed by atoms with Gasteiger partial charge >= 0.3 is 0 Å². The zero-order valence-electron chi connectivity index (χ0n) is 11.8. The van der Waals surface area contributed by atoms with Gasteiger partial charge in [-0.3, -0.25) is 4.79 Å². The zero-order valence-corrected chi connectivity index (χ0v) is 13.4. The quantitative estimate of drug-likeness (QED) is 0.885. The van der Waals surface area contributed by atoms with Crippen molar-refractivity contribution >= 4 is 33.9 Å². The SMILES string of the molecule is COCCC1(C(=O)Nc2nc(-c3ccsc3)ns2)CCC1. The number of aromatic nitrogens is 2. The molecule has 112 valence electrons. The molecule has 1 N–H and O–H groups in total. The summed E-state index contributed by atoms with van der Waals surface area (Å²) in [6.07, 6.45) is 3.73. The number of ether oxygens (including phenoxy) is 1. The highest BCUT2D eigenvalue weighted by Gasteiger charge is 2.43. The molecule has 0 radical (unpaired) electrons. The predicted molar refractivity (Wildman–Crippen MR) is 84.6 cm³/mol. The molecule has 2 aromatic heterocycles. The number of methoxy groups -OCH3 is 1. The topological polar surface area (TPSA) is 64.1 Å². The molecule has 0 saturated heterocycles. The molecular weight excluding hydrogens is 306 g/mol. The van der Waals surface area contributed by atoms with Crippen molar-refractivity contribution in [3.63, 3.8) is 0 Å². The number of nitrogens with one attached hydrogen (secondary N) is 1. The van der Waals surface area contributed by atoms with Crippen molar-refractivity contribution < 1.29 is 9.53 Å². The molecule has 1 amide bonds. The molecule has 0 atom stereocenters. The van der Waals surface area contributed by atoms with Crippen molar-refractivity contribution in [2.75, 3.05) is 19.0 Å². The maximum absolute atomic E-state index is 12.5. The molecule has 5 nitrogen and oxygen atoms in total. The Labute approximate surface area is 131 Å². The average Bonchev–Trinajstić information content (AvgIpc) is 3.07. The number of thiophene rings is 1. The molecule has 3 rings (SSSR count). The molecule has 2 aromatic rings. The van der Waals surface area contributed by atoms with Crippen LogP contribution in [0.2, 0.25) is 0 Å². The molecule has 21 heavy (non-hydrogen) atoms. The molecule has 0 aromatic carbocycles. The molecule has 7 heteroatoms. The second-order valence-corrected chi connectivity index (χ2v) is 6.80. The van der Waals surface area contributed by atoms with Gasteiger partial charge < -0.3 is 10.1 Å². The summed E-state index contributed by atoms with van der Waals surface area (Å²) in [7, 11) is 1.67. The van der Waals surface area contributed by atoms with Crippen molar-refractivity contribution in [3.8, 4) is 11.4 Å². The van der Waals surface area contributed by atoms with Gasteiger partial charge in [-0.1, -0.05) is 6.42 Å². The Balaban J connectivity index is 1.67. The van der Waals surface area contributed by atoms with Crippen LogP contribution in [0.4, 0.5) is 5.13 Å². The smallest absolute Gasteiger partial charge is 0.232 e. The van der Waals surface area contributed by atoms with Crippen LogP contribution < -0.4 is 5.32 Å². The van der Waals surface area contributed by atoms with Crippen LogP contribution in [0, 0.1) is 5.41 Å². The lowest BCUT2D eigenvalue weighted by Gasteiger charge is -2.39. The van der Waals surface area contributed by atoms with E-state index in [-0.39, 0.29) is 11.3 Å². The highest BCUT2D eigenvalue weighted by atomic mass is 32.1. The van der Waals surface area contributed by atoms with E-state index in [2.05, 4.69) is 14.7 Å². The molecule has 1 fully saturated rings. The van der Waals surface area contributed by atoms with Gasteiger partial charge in [0.05, 0.1) is 5.41 Å². The number of nitrogens with zero attached hydrogens (tertiary/aromatic N) is 2. The first-order chi connectivity index (χ1) is 10.2. The van der Waals surface area contributed by atoms with Crippen LogP contribution in [-0.2, 0) is 9.53 Å². The number of carbonyl (C=O) groups is 1. The lowest BCUT2D eigenvalue weighted by Crippen LogP contribution is -2.42. The largest absolute Gasteiger partial charge is 0.385 e. The monoisotopic (exact) mass is 323 g/mol. The fourth-order valence-corrected chi connectivity index (χ4v) is 3.72. The van der Waals surface area contributed by atoms with E-state index in [1.54, 1.807) is 18.4 Å². The second kappa shape index (κ2) is 6.21. The van der Waals surface area contributed by atoms with Crippen LogP contribution in [0.5, 0.6) is 0 Å². The van der Waals surface area contributed by atoms with Crippen LogP contribution in [-0.4, -0.2) is 29.0 Å². The van der Waals surface area contributed by atoms with Crippen LogP contribution in [0.3, 0.4) is 0 Å². The fraction of sp³-hybridized carbons (Fsp3) is 0.500. The number of rotatable bonds is 6. The van der Waals surface area contributed by atoms with Crippen molar-refractivity contribution in [2.24, 2.45) is 5.41 Å². The third-order valence-corrected chi connectivity index (χ3v) is 5.32. The first kappa shape index (κ1) is 14.6. The first-order valence-electron chi connectivity index (χ1n) is 6.90. The Hall–Kier alpha value is -1.31. The van der Waals surface area contributed by atoms with Gasteiger partial charge in [0.15, 0.2) is 5.82 Å². The van der Waals surface area contributed by atoms with Crippen molar-refractivity contribution in [2.45, 2.75) is 25.7 Å². The Morgan fingerprint density at radius 1 is 1.52 bits per heavy atom. The van der Waals surface area contributed by atoms with Crippen LogP contribution in [0.25, 0.3) is 11.4 Å². The van der Waals surface area contributed by atoms with E-state index in [1.807, 2.05) is 16.8 Å². The summed E-state index contributed by atoms with van der Waals surface area (Å²) < 4.78 is 9.42. The highest BCUT2D eigenvalue weighted by Crippen LogP contribution is 2.45. The van der Waals surface area contributed by atoms with Gasteiger partial charge in [0, 0.05) is 36.2 Å². The lowest BCUT2D eigenvalue weighted by atomic mass is 9.66. The fourth-order valence-electron chi connectivity index (χ4n) is 2.50. The molecule has 1 aliphatic rings. The molecular formula is C14H17N3O2S2. The predicted octanol–water partition coefficient (Wildman–Crippen LogP) is 3.41.